The third-order valence-corrected chi connectivity index (χ3v) is 8.44. The number of aromatic nitrogens is 3. The van der Waals surface area contributed by atoms with Crippen LogP contribution in [0.4, 0.5) is 24.5 Å². The molecule has 12 nitrogen and oxygen atoms in total. The summed E-state index contributed by atoms with van der Waals surface area (Å²) in [5.41, 5.74) is -0.703. The van der Waals surface area contributed by atoms with Gasteiger partial charge in [-0.2, -0.15) is 23.5 Å². The van der Waals surface area contributed by atoms with Crippen LogP contribution >= 0.6 is 0 Å². The molecule has 1 aromatic carbocycles. The molecule has 2 fully saturated rings. The molecule has 0 bridgehead atoms. The first kappa shape index (κ1) is 31.3. The average molecular weight is 645 g/mol. The van der Waals surface area contributed by atoms with Crippen LogP contribution in [0.1, 0.15) is 59.4 Å². The van der Waals surface area contributed by atoms with Crippen LogP contribution in [0.5, 0.6) is 0 Å². The molecule has 0 radical (unpaired) electrons. The van der Waals surface area contributed by atoms with Crippen molar-refractivity contribution in [2.75, 3.05) is 23.3 Å². The number of amides is 4. The van der Waals surface area contributed by atoms with Gasteiger partial charge < -0.3 is 15.1 Å². The van der Waals surface area contributed by atoms with Gasteiger partial charge in [0.25, 0.3) is 11.8 Å². The van der Waals surface area contributed by atoms with Crippen molar-refractivity contribution in [2.24, 2.45) is 5.92 Å². The van der Waals surface area contributed by atoms with Crippen molar-refractivity contribution in [3.05, 3.63) is 70.8 Å². The predicted octanol–water partition coefficient (Wildman–Crippen LogP) is 2.79. The van der Waals surface area contributed by atoms with E-state index in [9.17, 15) is 32.3 Å². The van der Waals surface area contributed by atoms with E-state index in [1.807, 2.05) is 12.1 Å². The van der Waals surface area contributed by atoms with Gasteiger partial charge in [0.2, 0.25) is 11.8 Å². The fourth-order valence-corrected chi connectivity index (χ4v) is 5.64. The molecule has 5 heterocycles. The maximum absolute atomic E-state index is 13.3. The monoisotopic (exact) mass is 644 g/mol. The normalized spacial score (nSPS) is 18.1. The molecule has 0 spiro atoms. The first-order valence-corrected chi connectivity index (χ1v) is 14.6. The minimum Gasteiger partial charge on any atom is -0.369 e. The fourth-order valence-electron chi connectivity index (χ4n) is 5.64. The zero-order chi connectivity index (χ0) is 33.7. The van der Waals surface area contributed by atoms with Gasteiger partial charge in [0.05, 0.1) is 35.1 Å². The van der Waals surface area contributed by atoms with Gasteiger partial charge in [-0.25, -0.2) is 4.98 Å². The number of piperidine rings is 1. The third-order valence-electron chi connectivity index (χ3n) is 8.44. The number of pyridine rings is 1. The summed E-state index contributed by atoms with van der Waals surface area (Å²) in [5, 5.41) is 17.9. The Kier molecular flexibility index (Phi) is 7.71. The van der Waals surface area contributed by atoms with Crippen LogP contribution < -0.4 is 15.5 Å². The van der Waals surface area contributed by atoms with Crippen LogP contribution in [-0.4, -0.2) is 62.4 Å². The predicted molar refractivity (Wildman–Crippen MR) is 159 cm³/mol. The number of imide groups is 1. The first-order chi connectivity index (χ1) is 22.2. The van der Waals surface area contributed by atoms with Gasteiger partial charge in [0, 0.05) is 43.5 Å². The van der Waals surface area contributed by atoms with Crippen molar-refractivity contribution < 1.29 is 32.3 Å². The number of anilines is 2. The SMILES string of the molecule is CC(C)(C(=O)Nc1cnc(C#N)c(C(F)(F)F)c1)n1cc(C#CC2CN(c3ccc4c(c3)CN(C3CCC(=O)NC3=O)C4=O)C2)cn1. The van der Waals surface area contributed by atoms with Crippen molar-refractivity contribution in [1.82, 2.24) is 25.0 Å². The maximum atomic E-state index is 13.3. The zero-order valence-corrected chi connectivity index (χ0v) is 25.2. The van der Waals surface area contributed by atoms with Crippen molar-refractivity contribution in [3.8, 4) is 17.9 Å². The summed E-state index contributed by atoms with van der Waals surface area (Å²) < 4.78 is 41.3. The van der Waals surface area contributed by atoms with E-state index in [0.717, 1.165) is 17.4 Å². The first-order valence-electron chi connectivity index (χ1n) is 14.6. The molecule has 4 amide bonds. The van der Waals surface area contributed by atoms with E-state index in [-0.39, 0.29) is 29.8 Å². The Labute approximate surface area is 266 Å². The smallest absolute Gasteiger partial charge is 0.369 e. The van der Waals surface area contributed by atoms with E-state index in [1.165, 1.54) is 21.8 Å². The number of hydrogen-bond donors (Lipinski definition) is 2. The lowest BCUT2D eigenvalue weighted by atomic mass is 9.98. The molecular formula is C32H27F3N8O4. The van der Waals surface area contributed by atoms with Gasteiger partial charge in [-0.15, -0.1) is 0 Å². The molecule has 3 aromatic rings. The topological polar surface area (TPSA) is 153 Å². The van der Waals surface area contributed by atoms with E-state index in [4.69, 9.17) is 5.26 Å². The summed E-state index contributed by atoms with van der Waals surface area (Å²) in [6, 6.07) is 6.96. The lowest BCUT2D eigenvalue weighted by Crippen LogP contribution is -2.52. The molecule has 0 aliphatic carbocycles. The van der Waals surface area contributed by atoms with Crippen molar-refractivity contribution in [2.45, 2.75) is 51.0 Å². The zero-order valence-electron chi connectivity index (χ0n) is 25.2. The molecule has 0 saturated carbocycles. The van der Waals surface area contributed by atoms with Gasteiger partial charge in [0.15, 0.2) is 5.69 Å². The number of alkyl halides is 3. The Balaban J connectivity index is 1.06. The number of fused-ring (bicyclic) bond motifs is 1. The van der Waals surface area contributed by atoms with E-state index in [1.54, 1.807) is 26.1 Å². The van der Waals surface area contributed by atoms with E-state index >= 15 is 0 Å². The van der Waals surface area contributed by atoms with Crippen LogP contribution in [0, 0.1) is 29.1 Å². The summed E-state index contributed by atoms with van der Waals surface area (Å²) in [7, 11) is 0. The fraction of sp³-hybridized carbons (Fsp3) is 0.344. The Bertz CT molecular complexity index is 1930. The number of nitriles is 1. The molecule has 3 aliphatic heterocycles. The summed E-state index contributed by atoms with van der Waals surface area (Å²) in [4.78, 5) is 57.0. The van der Waals surface area contributed by atoms with Gasteiger partial charge in [-0.1, -0.05) is 11.8 Å². The van der Waals surface area contributed by atoms with Gasteiger partial charge in [0.1, 0.15) is 17.6 Å². The number of hydrogen-bond acceptors (Lipinski definition) is 8. The number of carbonyl (C=O) groups is 4. The molecule has 15 heteroatoms. The molecule has 2 N–H and O–H groups in total. The molecule has 3 aliphatic rings. The number of halogens is 3. The Morgan fingerprint density at radius 2 is 1.89 bits per heavy atom. The summed E-state index contributed by atoms with van der Waals surface area (Å²) in [5.74, 6) is 4.66. The number of nitrogens with zero attached hydrogens (tertiary/aromatic N) is 6. The highest BCUT2D eigenvalue weighted by Gasteiger charge is 2.40. The van der Waals surface area contributed by atoms with Crippen LogP contribution in [0.15, 0.2) is 42.9 Å². The summed E-state index contributed by atoms with van der Waals surface area (Å²) in [6.07, 6.45) is -0.261. The standard InChI is InChI=1S/C32H27F3N8O4/c1-31(2,30(47)39-21-10-24(32(33,34)35)25(11-36)37-13-21)43-16-18(12-38-43)3-4-19-14-41(15-19)22-5-6-23-20(9-22)17-42(29(23)46)26-7-8-27(44)40-28(26)45/h5-6,9-10,12-13,16,19,26H,7-8,14-15,17H2,1-2H3,(H,39,47)(H,40,44,45). The van der Waals surface area contributed by atoms with E-state index < -0.39 is 40.8 Å². The lowest BCUT2D eigenvalue weighted by molar-refractivity contribution is -0.138. The third kappa shape index (κ3) is 6.00. The quantitative estimate of drug-likeness (QED) is 0.318. The summed E-state index contributed by atoms with van der Waals surface area (Å²) in [6.45, 7) is 4.69. The Hall–Kier alpha value is -5.70. The van der Waals surface area contributed by atoms with Gasteiger partial charge in [-0.3, -0.25) is 29.2 Å². The molecule has 1 unspecified atom stereocenters. The molecule has 6 rings (SSSR count). The van der Waals surface area contributed by atoms with Crippen molar-refractivity contribution in [1.29, 1.82) is 5.26 Å². The lowest BCUT2D eigenvalue weighted by Gasteiger charge is -2.38. The van der Waals surface area contributed by atoms with Crippen LogP contribution in [0.3, 0.4) is 0 Å². The van der Waals surface area contributed by atoms with Gasteiger partial charge in [-0.05, 0) is 50.1 Å². The second-order valence-corrected chi connectivity index (χ2v) is 12.0. The second-order valence-electron chi connectivity index (χ2n) is 12.0. The molecule has 240 valence electrons. The largest absolute Gasteiger partial charge is 0.419 e. The molecule has 2 aromatic heterocycles. The van der Waals surface area contributed by atoms with Crippen LogP contribution in [-0.2, 0) is 32.6 Å². The van der Waals surface area contributed by atoms with Crippen LogP contribution in [0.2, 0.25) is 0 Å². The number of carbonyl (C=O) groups excluding carboxylic acids is 4. The molecule has 1 atom stereocenters. The minimum absolute atomic E-state index is 0.0521. The Morgan fingerprint density at radius 3 is 2.60 bits per heavy atom. The van der Waals surface area contributed by atoms with E-state index in [0.29, 0.717) is 43.2 Å². The maximum Gasteiger partial charge on any atom is 0.419 e. The van der Waals surface area contributed by atoms with Crippen LogP contribution in [0.25, 0.3) is 0 Å². The second kappa shape index (κ2) is 11.6. The van der Waals surface area contributed by atoms with Gasteiger partial charge >= 0.3 is 6.18 Å². The minimum atomic E-state index is -4.82. The summed E-state index contributed by atoms with van der Waals surface area (Å²) >= 11 is 0. The van der Waals surface area contributed by atoms with E-state index in [2.05, 4.69) is 37.5 Å². The number of nitrogens with one attached hydrogen (secondary N) is 2. The highest BCUT2D eigenvalue weighted by atomic mass is 19.4. The highest BCUT2D eigenvalue weighted by molar-refractivity contribution is 6.05. The average Bonchev–Trinajstić information content (AvgIpc) is 3.61. The number of rotatable bonds is 5. The van der Waals surface area contributed by atoms with Crippen molar-refractivity contribution >= 4 is 35.0 Å². The van der Waals surface area contributed by atoms with Crippen molar-refractivity contribution in [3.63, 3.8) is 0 Å². The molecule has 47 heavy (non-hydrogen) atoms. The Morgan fingerprint density at radius 1 is 1.13 bits per heavy atom. The highest BCUT2D eigenvalue weighted by Crippen LogP contribution is 2.34. The molecular weight excluding hydrogens is 617 g/mol. The number of benzene rings is 1. The molecule has 2 saturated heterocycles.